The molecule has 2 aromatic rings. The van der Waals surface area contributed by atoms with Crippen LogP contribution in [0.15, 0.2) is 36.7 Å². The van der Waals surface area contributed by atoms with Crippen molar-refractivity contribution < 1.29 is 50.5 Å². The highest BCUT2D eigenvalue weighted by Crippen LogP contribution is 2.69. The van der Waals surface area contributed by atoms with Gasteiger partial charge in [0.1, 0.15) is 11.5 Å². The third-order valence-electron chi connectivity index (χ3n) is 6.33. The van der Waals surface area contributed by atoms with Crippen molar-refractivity contribution in [1.29, 1.82) is 0 Å². The number of rotatable bonds is 8. The van der Waals surface area contributed by atoms with Gasteiger partial charge in [0.25, 0.3) is 11.8 Å². The molecule has 36 heavy (non-hydrogen) atoms. The van der Waals surface area contributed by atoms with Crippen LogP contribution in [0.5, 0.6) is 23.0 Å². The number of pyridine rings is 1. The largest absolute Gasteiger partial charge is 0.586 e. The van der Waals surface area contributed by atoms with Crippen LogP contribution in [0.25, 0.3) is 0 Å². The van der Waals surface area contributed by atoms with Crippen LogP contribution in [0.1, 0.15) is 24.8 Å². The van der Waals surface area contributed by atoms with E-state index < -0.39 is 53.5 Å². The average molecular weight is 515 g/mol. The van der Waals surface area contributed by atoms with Gasteiger partial charge in [-0.3, -0.25) is 14.6 Å². The van der Waals surface area contributed by atoms with E-state index >= 15 is 0 Å². The molecule has 9 nitrogen and oxygen atoms in total. The van der Waals surface area contributed by atoms with Gasteiger partial charge in [0.15, 0.2) is 24.2 Å². The first-order valence-electron chi connectivity index (χ1n) is 10.6. The number of ether oxygens (including phenoxy) is 4. The molecule has 1 aliphatic heterocycles. The highest BCUT2D eigenvalue weighted by Gasteiger charge is 2.73. The highest BCUT2D eigenvalue weighted by molar-refractivity contribution is 5.83. The van der Waals surface area contributed by atoms with Crippen molar-refractivity contribution in [2.75, 3.05) is 6.61 Å². The summed E-state index contributed by atoms with van der Waals surface area (Å²) in [7, 11) is 0. The molecule has 6 rings (SSSR count). The Morgan fingerprint density at radius 3 is 2.44 bits per heavy atom. The second-order valence-electron chi connectivity index (χ2n) is 9.09. The summed E-state index contributed by atoms with van der Waals surface area (Å²) in [6.07, 6.45) is -6.73. The van der Waals surface area contributed by atoms with Gasteiger partial charge in [-0.05, 0) is 37.5 Å². The van der Waals surface area contributed by atoms with Crippen LogP contribution in [0.4, 0.5) is 22.0 Å². The number of halogens is 5. The standard InChI is InChI=1S/C22H18F5N3O6/c23-21(24,25)11-3-13(6-29-5-11)33-7-16(31)30-20-8-19(9-20,10-20)17(18(28)32)34-12-1-2-14-15(4-12)36-22(26,27)35-14/h1-6,17H,7-10H2,(H2,28,32)(H,30,31). The molecule has 1 atom stereocenters. The number of hydrogen-bond acceptors (Lipinski definition) is 7. The monoisotopic (exact) mass is 515 g/mol. The third kappa shape index (κ3) is 4.31. The van der Waals surface area contributed by atoms with Gasteiger partial charge in [0, 0.05) is 23.2 Å². The van der Waals surface area contributed by atoms with Crippen LogP contribution in [0, 0.1) is 5.41 Å². The zero-order chi connectivity index (χ0) is 25.9. The predicted molar refractivity (Wildman–Crippen MR) is 108 cm³/mol. The van der Waals surface area contributed by atoms with Crippen molar-refractivity contribution in [3.8, 4) is 23.0 Å². The number of alkyl halides is 5. The number of aromatic nitrogens is 1. The molecule has 3 fully saturated rings. The molecular formula is C22H18F5N3O6. The van der Waals surface area contributed by atoms with Crippen LogP contribution in [0.3, 0.4) is 0 Å². The van der Waals surface area contributed by atoms with E-state index in [2.05, 4.69) is 19.8 Å². The molecule has 2 heterocycles. The number of primary amides is 1. The average Bonchev–Trinajstić information content (AvgIpc) is 3.05. The van der Waals surface area contributed by atoms with Crippen molar-refractivity contribution in [3.05, 3.63) is 42.2 Å². The second-order valence-corrected chi connectivity index (χ2v) is 9.09. The van der Waals surface area contributed by atoms with Gasteiger partial charge in [-0.2, -0.15) is 13.2 Å². The maximum absolute atomic E-state index is 13.2. The summed E-state index contributed by atoms with van der Waals surface area (Å²) >= 11 is 0. The first-order valence-corrected chi connectivity index (χ1v) is 10.6. The number of hydrogen-bond donors (Lipinski definition) is 2. The lowest BCUT2D eigenvalue weighted by Crippen LogP contribution is -2.80. The maximum Gasteiger partial charge on any atom is 0.586 e. The molecule has 0 radical (unpaired) electrons. The van der Waals surface area contributed by atoms with Crippen LogP contribution in [-0.2, 0) is 15.8 Å². The number of carbonyl (C=O) groups excluding carboxylic acids is 2. The predicted octanol–water partition coefficient (Wildman–Crippen LogP) is 2.77. The lowest BCUT2D eigenvalue weighted by molar-refractivity contribution is -0.286. The number of amides is 2. The second kappa shape index (κ2) is 7.83. The number of nitrogens with two attached hydrogens (primary N) is 1. The molecular weight excluding hydrogens is 497 g/mol. The summed E-state index contributed by atoms with van der Waals surface area (Å²) < 4.78 is 84.3. The van der Waals surface area contributed by atoms with E-state index in [0.29, 0.717) is 25.5 Å². The molecule has 0 saturated heterocycles. The summed E-state index contributed by atoms with van der Waals surface area (Å²) in [6.45, 7) is -0.532. The molecule has 1 aromatic carbocycles. The minimum absolute atomic E-state index is 0.0738. The van der Waals surface area contributed by atoms with Crippen LogP contribution >= 0.6 is 0 Å². The van der Waals surface area contributed by atoms with E-state index in [9.17, 15) is 31.5 Å². The van der Waals surface area contributed by atoms with Gasteiger partial charge in [-0.1, -0.05) is 0 Å². The van der Waals surface area contributed by atoms with Gasteiger partial charge < -0.3 is 30.0 Å². The summed E-state index contributed by atoms with van der Waals surface area (Å²) in [4.78, 5) is 27.9. The van der Waals surface area contributed by atoms with E-state index in [-0.39, 0.29) is 23.0 Å². The molecule has 14 heteroatoms. The van der Waals surface area contributed by atoms with Crippen molar-refractivity contribution in [1.82, 2.24) is 10.3 Å². The van der Waals surface area contributed by atoms with Crippen molar-refractivity contribution in [2.24, 2.45) is 11.1 Å². The first kappa shape index (κ1) is 23.9. The molecule has 1 aromatic heterocycles. The van der Waals surface area contributed by atoms with Crippen LogP contribution in [-0.4, -0.2) is 41.3 Å². The fraction of sp³-hybridized carbons (Fsp3) is 0.409. The minimum Gasteiger partial charge on any atom is -0.482 e. The topological polar surface area (TPSA) is 122 Å². The number of fused-ring (bicyclic) bond motifs is 1. The molecule has 2 amide bonds. The molecule has 3 N–H and O–H groups in total. The van der Waals surface area contributed by atoms with E-state index in [0.717, 1.165) is 18.3 Å². The summed E-state index contributed by atoms with van der Waals surface area (Å²) in [6, 6.07) is 4.45. The Hall–Kier alpha value is -3.84. The van der Waals surface area contributed by atoms with Crippen molar-refractivity contribution >= 4 is 11.8 Å². The SMILES string of the molecule is NC(=O)C(Oc1ccc2c(c1)OC(F)(F)O2)C12CC(NC(=O)COc3cncc(C(F)(F)F)c3)(C1)C2. The Bertz CT molecular complexity index is 1220. The summed E-state index contributed by atoms with van der Waals surface area (Å²) in [5.74, 6) is -1.90. The number of nitrogens with one attached hydrogen (secondary N) is 1. The Morgan fingerprint density at radius 2 is 1.78 bits per heavy atom. The molecule has 3 saturated carbocycles. The smallest absolute Gasteiger partial charge is 0.482 e. The fourth-order valence-electron chi connectivity index (χ4n) is 5.03. The number of carbonyl (C=O) groups is 2. The highest BCUT2D eigenvalue weighted by atomic mass is 19.4. The van der Waals surface area contributed by atoms with Crippen LogP contribution < -0.4 is 30.0 Å². The van der Waals surface area contributed by atoms with Gasteiger partial charge in [0.2, 0.25) is 0 Å². The normalized spacial score (nSPS) is 25.7. The van der Waals surface area contributed by atoms with Crippen molar-refractivity contribution in [2.45, 2.75) is 43.4 Å². The first-order chi connectivity index (χ1) is 16.8. The van der Waals surface area contributed by atoms with E-state index in [1.165, 1.54) is 12.1 Å². The zero-order valence-corrected chi connectivity index (χ0v) is 18.2. The van der Waals surface area contributed by atoms with Gasteiger partial charge >= 0.3 is 12.5 Å². The van der Waals surface area contributed by atoms with Gasteiger partial charge in [-0.25, -0.2) is 0 Å². The Labute approximate surface area is 199 Å². The third-order valence-corrected chi connectivity index (χ3v) is 6.33. The van der Waals surface area contributed by atoms with Crippen molar-refractivity contribution in [3.63, 3.8) is 0 Å². The maximum atomic E-state index is 13.2. The molecule has 0 spiro atoms. The van der Waals surface area contributed by atoms with E-state index in [1.807, 2.05) is 0 Å². The molecule has 4 aliphatic rings. The van der Waals surface area contributed by atoms with Gasteiger partial charge in [0.05, 0.1) is 11.8 Å². The lowest BCUT2D eigenvalue weighted by Gasteiger charge is -2.71. The number of nitrogens with zero attached hydrogens (tertiary/aromatic N) is 1. The number of benzene rings is 1. The summed E-state index contributed by atoms with van der Waals surface area (Å²) in [5.41, 5.74) is 3.24. The lowest BCUT2D eigenvalue weighted by atomic mass is 9.37. The van der Waals surface area contributed by atoms with E-state index in [1.54, 1.807) is 0 Å². The quantitative estimate of drug-likeness (QED) is 0.519. The van der Waals surface area contributed by atoms with E-state index in [4.69, 9.17) is 15.2 Å². The molecule has 1 unspecified atom stereocenters. The Kier molecular flexibility index (Phi) is 5.20. The molecule has 2 bridgehead atoms. The van der Waals surface area contributed by atoms with Crippen LogP contribution in [0.2, 0.25) is 0 Å². The molecule has 192 valence electrons. The Morgan fingerprint density at radius 1 is 1.08 bits per heavy atom. The Balaban J connectivity index is 1.16. The summed E-state index contributed by atoms with van der Waals surface area (Å²) in [5, 5.41) is 2.77. The molecule has 3 aliphatic carbocycles. The minimum atomic E-state index is -4.60. The zero-order valence-electron chi connectivity index (χ0n) is 18.2. The van der Waals surface area contributed by atoms with Gasteiger partial charge in [-0.15, -0.1) is 8.78 Å². The fourth-order valence-corrected chi connectivity index (χ4v) is 5.03.